The third-order valence-corrected chi connectivity index (χ3v) is 6.12. The van der Waals surface area contributed by atoms with Crippen molar-refractivity contribution in [3.8, 4) is 0 Å². The zero-order valence-electron chi connectivity index (χ0n) is 14.2. The Balaban J connectivity index is 1.80. The number of benzene rings is 2. The fourth-order valence-electron chi connectivity index (χ4n) is 2.72. The van der Waals surface area contributed by atoms with Gasteiger partial charge in [-0.3, -0.25) is 4.79 Å². The molecule has 3 rings (SSSR count). The van der Waals surface area contributed by atoms with Gasteiger partial charge < -0.3 is 10.1 Å². The van der Waals surface area contributed by atoms with Gasteiger partial charge >= 0.3 is 0 Å². The van der Waals surface area contributed by atoms with Crippen LogP contribution in [0.15, 0.2) is 53.4 Å². The number of hydrogen-bond donors (Lipinski definition) is 1. The number of halogens is 1. The maximum absolute atomic E-state index is 12.8. The first kappa shape index (κ1) is 18.8. The maximum atomic E-state index is 12.8. The van der Waals surface area contributed by atoms with E-state index in [1.165, 1.54) is 16.4 Å². The van der Waals surface area contributed by atoms with Crippen LogP contribution in [0.5, 0.6) is 0 Å². The Labute approximate surface area is 157 Å². The molecule has 1 fully saturated rings. The van der Waals surface area contributed by atoms with E-state index < -0.39 is 10.0 Å². The number of nitrogens with one attached hydrogen (secondary N) is 1. The van der Waals surface area contributed by atoms with Gasteiger partial charge in [0.1, 0.15) is 0 Å². The number of rotatable bonds is 4. The van der Waals surface area contributed by atoms with Crippen molar-refractivity contribution in [2.45, 2.75) is 17.9 Å². The van der Waals surface area contributed by atoms with Crippen LogP contribution in [0.2, 0.25) is 5.02 Å². The summed E-state index contributed by atoms with van der Waals surface area (Å²) in [7, 11) is -3.64. The summed E-state index contributed by atoms with van der Waals surface area (Å²) in [6.07, 6.45) is -0.149. The molecular weight excluding hydrogens is 376 g/mol. The number of hydrogen-bond acceptors (Lipinski definition) is 4. The van der Waals surface area contributed by atoms with E-state index in [1.54, 1.807) is 36.4 Å². The quantitative estimate of drug-likeness (QED) is 0.864. The molecule has 0 saturated carbocycles. The van der Waals surface area contributed by atoms with Gasteiger partial charge in [-0.25, -0.2) is 8.42 Å². The molecule has 1 amide bonds. The van der Waals surface area contributed by atoms with Crippen molar-refractivity contribution in [1.29, 1.82) is 0 Å². The van der Waals surface area contributed by atoms with Gasteiger partial charge in [-0.05, 0) is 43.3 Å². The fraction of sp³-hybridized carbons (Fsp3) is 0.278. The predicted molar refractivity (Wildman–Crippen MR) is 100 cm³/mol. The zero-order chi connectivity index (χ0) is 18.7. The Hall–Kier alpha value is -1.93. The van der Waals surface area contributed by atoms with Crippen LogP contribution in [0.25, 0.3) is 0 Å². The lowest BCUT2D eigenvalue weighted by Gasteiger charge is -2.30. The molecule has 26 heavy (non-hydrogen) atoms. The van der Waals surface area contributed by atoms with E-state index in [9.17, 15) is 13.2 Å². The van der Waals surface area contributed by atoms with Crippen LogP contribution < -0.4 is 5.32 Å². The highest BCUT2D eigenvalue weighted by Gasteiger charge is 2.29. The summed E-state index contributed by atoms with van der Waals surface area (Å²) in [5.74, 6) is -0.359. The lowest BCUT2D eigenvalue weighted by atomic mass is 10.2. The van der Waals surface area contributed by atoms with Crippen LogP contribution in [-0.2, 0) is 14.8 Å². The molecule has 0 aliphatic carbocycles. The standard InChI is InChI=1S/C18H19ClN2O4S/c1-13-12-21(8-9-25-13)26(23,24)17-7-3-6-16(11-17)20-18(22)14-4-2-5-15(19)10-14/h2-7,10-11,13H,8-9,12H2,1H3,(H,20,22). The lowest BCUT2D eigenvalue weighted by Crippen LogP contribution is -2.44. The number of sulfonamides is 1. The molecule has 1 aliphatic rings. The molecule has 8 heteroatoms. The third kappa shape index (κ3) is 4.24. The Morgan fingerprint density at radius 1 is 1.23 bits per heavy atom. The number of ether oxygens (including phenoxy) is 1. The highest BCUT2D eigenvalue weighted by molar-refractivity contribution is 7.89. The van der Waals surface area contributed by atoms with E-state index in [4.69, 9.17) is 16.3 Å². The second-order valence-corrected chi connectivity index (χ2v) is 8.41. The van der Waals surface area contributed by atoms with Crippen molar-refractivity contribution in [3.63, 3.8) is 0 Å². The smallest absolute Gasteiger partial charge is 0.255 e. The van der Waals surface area contributed by atoms with Crippen molar-refractivity contribution in [3.05, 3.63) is 59.1 Å². The number of morpholine rings is 1. The van der Waals surface area contributed by atoms with Crippen LogP contribution in [0.3, 0.4) is 0 Å². The highest BCUT2D eigenvalue weighted by Crippen LogP contribution is 2.22. The van der Waals surface area contributed by atoms with E-state index >= 15 is 0 Å². The van der Waals surface area contributed by atoms with Gasteiger partial charge in [-0.2, -0.15) is 4.31 Å². The first-order valence-corrected chi connectivity index (χ1v) is 9.97. The summed E-state index contributed by atoms with van der Waals surface area (Å²) in [6.45, 7) is 2.82. The van der Waals surface area contributed by atoms with Crippen molar-refractivity contribution in [2.75, 3.05) is 25.0 Å². The molecule has 0 aromatic heterocycles. The first-order chi connectivity index (χ1) is 12.4. The van der Waals surface area contributed by atoms with Crippen molar-refractivity contribution >= 4 is 33.2 Å². The van der Waals surface area contributed by atoms with Gasteiger partial charge in [0.05, 0.1) is 17.6 Å². The molecule has 1 aliphatic heterocycles. The van der Waals surface area contributed by atoms with Gasteiger partial charge in [-0.15, -0.1) is 0 Å². The van der Waals surface area contributed by atoms with E-state index in [0.717, 1.165) is 0 Å². The summed E-state index contributed by atoms with van der Waals surface area (Å²) < 4.78 is 32.5. The van der Waals surface area contributed by atoms with Crippen molar-refractivity contribution < 1.29 is 17.9 Å². The second-order valence-electron chi connectivity index (χ2n) is 6.04. The molecule has 1 heterocycles. The largest absolute Gasteiger partial charge is 0.376 e. The van der Waals surface area contributed by atoms with Crippen LogP contribution in [-0.4, -0.2) is 44.4 Å². The monoisotopic (exact) mass is 394 g/mol. The van der Waals surface area contributed by atoms with Gasteiger partial charge in [-0.1, -0.05) is 23.7 Å². The molecule has 1 unspecified atom stereocenters. The minimum atomic E-state index is -3.64. The lowest BCUT2D eigenvalue weighted by molar-refractivity contribution is 0.0102. The molecule has 6 nitrogen and oxygen atoms in total. The predicted octanol–water partition coefficient (Wildman–Crippen LogP) is 3.00. The minimum absolute atomic E-state index is 0.135. The Morgan fingerprint density at radius 3 is 2.73 bits per heavy atom. The number of nitrogens with zero attached hydrogens (tertiary/aromatic N) is 1. The number of carbonyl (C=O) groups excluding carboxylic acids is 1. The van der Waals surface area contributed by atoms with Gasteiger partial charge in [0.2, 0.25) is 10.0 Å². The Kier molecular flexibility index (Phi) is 5.62. The molecule has 1 N–H and O–H groups in total. The third-order valence-electron chi connectivity index (χ3n) is 4.02. The van der Waals surface area contributed by atoms with E-state index in [-0.39, 0.29) is 16.9 Å². The average Bonchev–Trinajstić information content (AvgIpc) is 2.62. The number of carbonyl (C=O) groups is 1. The van der Waals surface area contributed by atoms with Crippen molar-refractivity contribution in [2.24, 2.45) is 0 Å². The summed E-state index contributed by atoms with van der Waals surface area (Å²) in [5, 5.41) is 3.16. The molecule has 0 radical (unpaired) electrons. The van der Waals surface area contributed by atoms with Gasteiger partial charge in [0.15, 0.2) is 0 Å². The van der Waals surface area contributed by atoms with Crippen molar-refractivity contribution in [1.82, 2.24) is 4.31 Å². The minimum Gasteiger partial charge on any atom is -0.376 e. The molecular formula is C18H19ClN2O4S. The van der Waals surface area contributed by atoms with Crippen LogP contribution in [0.4, 0.5) is 5.69 Å². The second kappa shape index (κ2) is 7.75. The Morgan fingerprint density at radius 2 is 2.00 bits per heavy atom. The van der Waals surface area contributed by atoms with Gasteiger partial charge in [0, 0.05) is 29.4 Å². The maximum Gasteiger partial charge on any atom is 0.255 e. The summed E-state index contributed by atoms with van der Waals surface area (Å²) in [4.78, 5) is 12.5. The van der Waals surface area contributed by atoms with Gasteiger partial charge in [0.25, 0.3) is 5.91 Å². The first-order valence-electron chi connectivity index (χ1n) is 8.15. The van der Waals surface area contributed by atoms with Crippen LogP contribution in [0.1, 0.15) is 17.3 Å². The number of anilines is 1. The summed E-state index contributed by atoms with van der Waals surface area (Å²) in [6, 6.07) is 12.8. The van der Waals surface area contributed by atoms with E-state index in [1.807, 2.05) is 6.92 Å². The topological polar surface area (TPSA) is 75.7 Å². The summed E-state index contributed by atoms with van der Waals surface area (Å²) >= 11 is 5.90. The number of amides is 1. The van der Waals surface area contributed by atoms with E-state index in [0.29, 0.717) is 36.0 Å². The molecule has 1 saturated heterocycles. The molecule has 0 bridgehead atoms. The molecule has 0 spiro atoms. The van der Waals surface area contributed by atoms with Crippen LogP contribution >= 0.6 is 11.6 Å². The molecule has 138 valence electrons. The van der Waals surface area contributed by atoms with Crippen LogP contribution in [0, 0.1) is 0 Å². The average molecular weight is 395 g/mol. The molecule has 2 aromatic rings. The zero-order valence-corrected chi connectivity index (χ0v) is 15.8. The Bertz CT molecular complexity index is 917. The molecule has 1 atom stereocenters. The molecule has 2 aromatic carbocycles. The summed E-state index contributed by atoms with van der Waals surface area (Å²) in [5.41, 5.74) is 0.796. The normalized spacial score (nSPS) is 18.5. The van der Waals surface area contributed by atoms with E-state index in [2.05, 4.69) is 5.32 Å². The fourth-order valence-corrected chi connectivity index (χ4v) is 4.46. The SMILES string of the molecule is CC1CN(S(=O)(=O)c2cccc(NC(=O)c3cccc(Cl)c3)c2)CCO1. The highest BCUT2D eigenvalue weighted by atomic mass is 35.5.